The molecule has 1 amide bonds. The van der Waals surface area contributed by atoms with Crippen LogP contribution in [0.1, 0.15) is 16.1 Å². The normalized spacial score (nSPS) is 10.9. The molecule has 2 N–H and O–H groups in total. The first-order chi connectivity index (χ1) is 14.2. The average molecular weight is 401 g/mol. The highest BCUT2D eigenvalue weighted by Gasteiger charge is 2.10. The summed E-state index contributed by atoms with van der Waals surface area (Å²) in [6.07, 6.45) is 1.50. The summed E-state index contributed by atoms with van der Waals surface area (Å²) < 4.78 is 0. The molecule has 0 saturated carbocycles. The maximum absolute atomic E-state index is 12.3. The Morgan fingerprint density at radius 3 is 2.31 bits per heavy atom. The Bertz CT molecular complexity index is 1150. The van der Waals surface area contributed by atoms with E-state index in [1.807, 2.05) is 60.7 Å². The molecule has 142 valence electrons. The predicted octanol–water partition coefficient (Wildman–Crippen LogP) is 5.16. The van der Waals surface area contributed by atoms with Gasteiger partial charge < -0.3 is 0 Å². The summed E-state index contributed by atoms with van der Waals surface area (Å²) in [6, 6.07) is 27.1. The molecule has 0 spiro atoms. The standard InChI is InChI=1S/C23H17ClN4O/c24-20-9-5-4-8-19(20)15-25-28-23(29)22-14-21(26-27-22)18-12-10-17(11-13-18)16-6-2-1-3-7-16/h1-15H,(H,26,27)(H,28,29)/b25-15+. The van der Waals surface area contributed by atoms with Crippen molar-refractivity contribution in [3.8, 4) is 22.4 Å². The third kappa shape index (κ3) is 4.42. The summed E-state index contributed by atoms with van der Waals surface area (Å²) in [7, 11) is 0. The van der Waals surface area contributed by atoms with Crippen LogP contribution in [-0.2, 0) is 0 Å². The quantitative estimate of drug-likeness (QED) is 0.359. The van der Waals surface area contributed by atoms with E-state index in [2.05, 4.69) is 32.9 Å². The molecular formula is C23H17ClN4O. The van der Waals surface area contributed by atoms with Crippen LogP contribution < -0.4 is 5.43 Å². The Morgan fingerprint density at radius 1 is 0.897 bits per heavy atom. The van der Waals surface area contributed by atoms with E-state index < -0.39 is 0 Å². The Hall–Kier alpha value is -3.70. The highest BCUT2D eigenvalue weighted by Crippen LogP contribution is 2.24. The molecule has 0 radical (unpaired) electrons. The van der Waals surface area contributed by atoms with Gasteiger partial charge in [-0.1, -0.05) is 84.4 Å². The van der Waals surface area contributed by atoms with Crippen LogP contribution in [0.2, 0.25) is 5.02 Å². The van der Waals surface area contributed by atoms with E-state index in [1.165, 1.54) is 6.21 Å². The largest absolute Gasteiger partial charge is 0.289 e. The summed E-state index contributed by atoms with van der Waals surface area (Å²) in [4.78, 5) is 12.3. The minimum Gasteiger partial charge on any atom is -0.272 e. The molecule has 0 aliphatic carbocycles. The van der Waals surface area contributed by atoms with Gasteiger partial charge in [-0.2, -0.15) is 10.2 Å². The highest BCUT2D eigenvalue weighted by molar-refractivity contribution is 6.33. The van der Waals surface area contributed by atoms with Gasteiger partial charge in [0.2, 0.25) is 0 Å². The number of nitrogens with one attached hydrogen (secondary N) is 2. The lowest BCUT2D eigenvalue weighted by Gasteiger charge is -2.02. The van der Waals surface area contributed by atoms with Crippen molar-refractivity contribution in [2.24, 2.45) is 5.10 Å². The van der Waals surface area contributed by atoms with E-state index in [0.717, 1.165) is 22.3 Å². The number of aromatic amines is 1. The van der Waals surface area contributed by atoms with Crippen LogP contribution in [0, 0.1) is 0 Å². The summed E-state index contributed by atoms with van der Waals surface area (Å²) in [6.45, 7) is 0. The number of hydrogen-bond donors (Lipinski definition) is 2. The number of rotatable bonds is 5. The Kier molecular flexibility index (Phi) is 5.49. The highest BCUT2D eigenvalue weighted by atomic mass is 35.5. The van der Waals surface area contributed by atoms with E-state index >= 15 is 0 Å². The van der Waals surface area contributed by atoms with Crippen molar-refractivity contribution < 1.29 is 4.79 Å². The molecule has 3 aromatic carbocycles. The number of hydrazone groups is 1. The number of benzene rings is 3. The summed E-state index contributed by atoms with van der Waals surface area (Å²) in [5.74, 6) is -0.382. The van der Waals surface area contributed by atoms with Gasteiger partial charge >= 0.3 is 0 Å². The molecule has 5 nitrogen and oxygen atoms in total. The van der Waals surface area contributed by atoms with Crippen LogP contribution in [-0.4, -0.2) is 22.3 Å². The minimum atomic E-state index is -0.382. The zero-order valence-corrected chi connectivity index (χ0v) is 16.1. The SMILES string of the molecule is O=C(N/N=C/c1ccccc1Cl)c1cc(-c2ccc(-c3ccccc3)cc2)n[nH]1. The third-order valence-electron chi connectivity index (χ3n) is 4.39. The van der Waals surface area contributed by atoms with Crippen molar-refractivity contribution in [3.63, 3.8) is 0 Å². The summed E-state index contributed by atoms with van der Waals surface area (Å²) in [5, 5.41) is 11.5. The second kappa shape index (κ2) is 8.54. The lowest BCUT2D eigenvalue weighted by Crippen LogP contribution is -2.18. The van der Waals surface area contributed by atoms with E-state index in [-0.39, 0.29) is 5.91 Å². The molecule has 0 aliphatic rings. The zero-order chi connectivity index (χ0) is 20.1. The minimum absolute atomic E-state index is 0.323. The lowest BCUT2D eigenvalue weighted by atomic mass is 10.0. The molecule has 29 heavy (non-hydrogen) atoms. The van der Waals surface area contributed by atoms with Crippen molar-refractivity contribution >= 4 is 23.7 Å². The zero-order valence-electron chi connectivity index (χ0n) is 15.3. The van der Waals surface area contributed by atoms with E-state index in [0.29, 0.717) is 16.4 Å². The van der Waals surface area contributed by atoms with Crippen molar-refractivity contribution in [2.75, 3.05) is 0 Å². The molecule has 6 heteroatoms. The fourth-order valence-corrected chi connectivity index (χ4v) is 3.03. The molecular weight excluding hydrogens is 384 g/mol. The number of carbonyl (C=O) groups is 1. The van der Waals surface area contributed by atoms with Gasteiger partial charge in [0.15, 0.2) is 0 Å². The van der Waals surface area contributed by atoms with Gasteiger partial charge in [0.05, 0.1) is 11.9 Å². The van der Waals surface area contributed by atoms with Gasteiger partial charge in [-0.05, 0) is 23.3 Å². The van der Waals surface area contributed by atoms with Crippen LogP contribution in [0.3, 0.4) is 0 Å². The number of carbonyl (C=O) groups excluding carboxylic acids is 1. The Morgan fingerprint density at radius 2 is 1.55 bits per heavy atom. The predicted molar refractivity (Wildman–Crippen MR) is 116 cm³/mol. The second-order valence-electron chi connectivity index (χ2n) is 6.33. The monoisotopic (exact) mass is 400 g/mol. The Balaban J connectivity index is 1.44. The fourth-order valence-electron chi connectivity index (χ4n) is 2.85. The summed E-state index contributed by atoms with van der Waals surface area (Å²) in [5.41, 5.74) is 7.39. The van der Waals surface area contributed by atoms with Crippen LogP contribution in [0.5, 0.6) is 0 Å². The number of halogens is 1. The smallest absolute Gasteiger partial charge is 0.272 e. The maximum atomic E-state index is 12.3. The van der Waals surface area contributed by atoms with Crippen LogP contribution >= 0.6 is 11.6 Å². The van der Waals surface area contributed by atoms with Crippen molar-refractivity contribution in [2.45, 2.75) is 0 Å². The van der Waals surface area contributed by atoms with E-state index in [9.17, 15) is 4.79 Å². The number of H-pyrrole nitrogens is 1. The molecule has 4 rings (SSSR count). The third-order valence-corrected chi connectivity index (χ3v) is 4.73. The first-order valence-corrected chi connectivity index (χ1v) is 9.38. The second-order valence-corrected chi connectivity index (χ2v) is 6.74. The van der Waals surface area contributed by atoms with Gasteiger partial charge in [0, 0.05) is 16.1 Å². The molecule has 0 fully saturated rings. The molecule has 0 atom stereocenters. The van der Waals surface area contributed by atoms with Crippen molar-refractivity contribution in [1.29, 1.82) is 0 Å². The van der Waals surface area contributed by atoms with Crippen LogP contribution in [0.15, 0.2) is 90.0 Å². The lowest BCUT2D eigenvalue weighted by molar-refractivity contribution is 0.0950. The Labute approximate surface area is 173 Å². The number of amides is 1. The average Bonchev–Trinajstić information content (AvgIpc) is 3.26. The van der Waals surface area contributed by atoms with Crippen molar-refractivity contribution in [3.05, 3.63) is 101 Å². The van der Waals surface area contributed by atoms with Gasteiger partial charge in [-0.3, -0.25) is 9.89 Å². The van der Waals surface area contributed by atoms with E-state index in [1.54, 1.807) is 12.1 Å². The molecule has 0 unspecified atom stereocenters. The van der Waals surface area contributed by atoms with Crippen molar-refractivity contribution in [1.82, 2.24) is 15.6 Å². The van der Waals surface area contributed by atoms with E-state index in [4.69, 9.17) is 11.6 Å². The topological polar surface area (TPSA) is 70.1 Å². The van der Waals surface area contributed by atoms with Gasteiger partial charge in [-0.25, -0.2) is 5.43 Å². The summed E-state index contributed by atoms with van der Waals surface area (Å²) >= 11 is 6.06. The molecule has 1 aromatic heterocycles. The fraction of sp³-hybridized carbons (Fsp3) is 0. The number of nitrogens with zero attached hydrogens (tertiary/aromatic N) is 2. The first-order valence-electron chi connectivity index (χ1n) is 9.00. The van der Waals surface area contributed by atoms with Gasteiger partial charge in [0.1, 0.15) is 5.69 Å². The van der Waals surface area contributed by atoms with Gasteiger partial charge in [0.25, 0.3) is 5.91 Å². The molecule has 0 saturated heterocycles. The van der Waals surface area contributed by atoms with Crippen LogP contribution in [0.25, 0.3) is 22.4 Å². The van der Waals surface area contributed by atoms with Crippen LogP contribution in [0.4, 0.5) is 0 Å². The maximum Gasteiger partial charge on any atom is 0.289 e. The molecule has 0 aliphatic heterocycles. The molecule has 0 bridgehead atoms. The number of aromatic nitrogens is 2. The number of hydrogen-bond acceptors (Lipinski definition) is 3. The molecule has 1 heterocycles. The van der Waals surface area contributed by atoms with Gasteiger partial charge in [-0.15, -0.1) is 0 Å². The first kappa shape index (κ1) is 18.7. The molecule has 4 aromatic rings.